The van der Waals surface area contributed by atoms with Crippen molar-refractivity contribution >= 4 is 110 Å². The Balaban J connectivity index is 1.08. The van der Waals surface area contributed by atoms with Gasteiger partial charge in [0, 0.05) is 43.9 Å². The lowest BCUT2D eigenvalue weighted by Crippen LogP contribution is -2.56. The van der Waals surface area contributed by atoms with E-state index in [4.69, 9.17) is 15.0 Å². The van der Waals surface area contributed by atoms with E-state index >= 15 is 0 Å². The molecular formula is C58H41B5N6. The fourth-order valence-electron chi connectivity index (χ4n) is 10.5. The first-order valence-electron chi connectivity index (χ1n) is 23.4. The maximum atomic E-state index is 11.2. The van der Waals surface area contributed by atoms with Gasteiger partial charge < -0.3 is 9.13 Å². The minimum atomic E-state index is 0.482. The Labute approximate surface area is 405 Å². The summed E-state index contributed by atoms with van der Waals surface area (Å²) in [6.45, 7) is 0. The molecule has 12 rings (SSSR count). The van der Waals surface area contributed by atoms with E-state index in [2.05, 4.69) is 200 Å². The SMILES string of the molecule is Bc1c(B)c(B)c(-n2c3ccccc3c3c2ccc2c4ccccc4n(-c4ccc(-c5nc(-c6ccc(-c7ccccc7)cc6)nc(-c6ccccc6-c6ccccc6)n5)cc4C#N)c23)c(B)c1B. The minimum absolute atomic E-state index is 0.482. The van der Waals surface area contributed by atoms with Crippen LogP contribution in [0.3, 0.4) is 0 Å². The molecule has 0 amide bonds. The summed E-state index contributed by atoms with van der Waals surface area (Å²) in [6.07, 6.45) is 0. The zero-order valence-corrected chi connectivity index (χ0v) is 39.1. The van der Waals surface area contributed by atoms with E-state index in [0.29, 0.717) is 23.0 Å². The number of fused-ring (bicyclic) bond motifs is 7. The lowest BCUT2D eigenvalue weighted by atomic mass is 9.61. The highest BCUT2D eigenvalue weighted by Gasteiger charge is 2.25. The number of rotatable bonds is 7. The summed E-state index contributed by atoms with van der Waals surface area (Å²) >= 11 is 0. The molecule has 3 heterocycles. The van der Waals surface area contributed by atoms with E-state index in [-0.39, 0.29) is 0 Å². The number of para-hydroxylation sites is 2. The van der Waals surface area contributed by atoms with Crippen molar-refractivity contribution in [3.8, 4) is 73.9 Å². The lowest BCUT2D eigenvalue weighted by molar-refractivity contribution is 1.07. The lowest BCUT2D eigenvalue weighted by Gasteiger charge is -2.22. The van der Waals surface area contributed by atoms with Gasteiger partial charge in [-0.25, -0.2) is 15.0 Å². The number of benzene rings is 9. The van der Waals surface area contributed by atoms with Crippen LogP contribution in [0.25, 0.3) is 111 Å². The van der Waals surface area contributed by atoms with Gasteiger partial charge in [0.05, 0.1) is 33.3 Å². The zero-order valence-electron chi connectivity index (χ0n) is 39.1. The average molecular weight is 876 g/mol. The number of aromatic nitrogens is 5. The summed E-state index contributed by atoms with van der Waals surface area (Å²) in [4.78, 5) is 15.6. The molecule has 3 aromatic heterocycles. The molecule has 69 heavy (non-hydrogen) atoms. The standard InChI is InChI=1S/C58H41B5N6/c59-49-50(60)52(62)55(53(63)51(49)61)69-46-22-12-10-20-43(46)48-47(69)30-28-41-40-18-9-11-21-45(40)68(54(41)48)44-29-27-37(31-38(44)32-64)57-65-56(36-25-23-34(24-26-36)33-13-3-1-4-14-33)66-58(67-57)42-19-8-7-17-39(42)35-15-5-2-6-16-35/h1-31H,59-63H2. The molecule has 12 aromatic rings. The number of hydrogen-bond acceptors (Lipinski definition) is 4. The van der Waals surface area contributed by atoms with Crippen LogP contribution in [0.1, 0.15) is 5.56 Å². The molecule has 0 aliphatic rings. The summed E-state index contributed by atoms with van der Waals surface area (Å²) in [5.41, 5.74) is 20.2. The predicted molar refractivity (Wildman–Crippen MR) is 301 cm³/mol. The van der Waals surface area contributed by atoms with E-state index in [1.165, 1.54) is 33.0 Å². The Morgan fingerprint density at radius 3 is 1.57 bits per heavy atom. The second-order valence-electron chi connectivity index (χ2n) is 18.0. The van der Waals surface area contributed by atoms with Gasteiger partial charge in [0.15, 0.2) is 17.5 Å². The molecule has 0 aliphatic heterocycles. The largest absolute Gasteiger partial charge is 0.310 e. The van der Waals surface area contributed by atoms with Crippen molar-refractivity contribution < 1.29 is 0 Å². The molecule has 0 bridgehead atoms. The van der Waals surface area contributed by atoms with Crippen LogP contribution >= 0.6 is 0 Å². The van der Waals surface area contributed by atoms with Crippen LogP contribution in [0.15, 0.2) is 188 Å². The Bertz CT molecular complexity index is 4050. The molecule has 6 nitrogen and oxygen atoms in total. The quantitative estimate of drug-likeness (QED) is 0.197. The molecule has 318 valence electrons. The Morgan fingerprint density at radius 1 is 0.377 bits per heavy atom. The van der Waals surface area contributed by atoms with E-state index in [1.807, 2.05) is 42.5 Å². The normalized spacial score (nSPS) is 11.5. The van der Waals surface area contributed by atoms with Crippen LogP contribution in [0.5, 0.6) is 0 Å². The van der Waals surface area contributed by atoms with Crippen molar-refractivity contribution in [2.24, 2.45) is 0 Å². The fraction of sp³-hybridized carbons (Fsp3) is 0. The van der Waals surface area contributed by atoms with Crippen LogP contribution in [0, 0.1) is 11.3 Å². The highest BCUT2D eigenvalue weighted by molar-refractivity contribution is 6.68. The van der Waals surface area contributed by atoms with E-state index in [9.17, 15) is 5.26 Å². The third kappa shape index (κ3) is 6.74. The summed E-state index contributed by atoms with van der Waals surface area (Å²) < 4.78 is 4.76. The molecule has 0 radical (unpaired) electrons. The smallest absolute Gasteiger partial charge is 0.164 e. The number of nitriles is 1. The maximum Gasteiger partial charge on any atom is 0.164 e. The Morgan fingerprint density at radius 2 is 0.884 bits per heavy atom. The van der Waals surface area contributed by atoms with Crippen LogP contribution in [-0.4, -0.2) is 63.3 Å². The van der Waals surface area contributed by atoms with Gasteiger partial charge in [0.1, 0.15) is 45.3 Å². The molecular weight excluding hydrogens is 835 g/mol. The number of nitrogens with zero attached hydrogens (tertiary/aromatic N) is 6. The monoisotopic (exact) mass is 876 g/mol. The summed E-state index contributed by atoms with van der Waals surface area (Å²) in [7, 11) is 11.2. The first kappa shape index (κ1) is 41.8. The van der Waals surface area contributed by atoms with Gasteiger partial charge in [-0.05, 0) is 58.7 Å². The minimum Gasteiger partial charge on any atom is -0.310 e. The Hall–Kier alpha value is -8.60. The molecule has 0 aliphatic carbocycles. The molecule has 0 unspecified atom stereocenters. The van der Waals surface area contributed by atoms with Crippen LogP contribution in [0.2, 0.25) is 0 Å². The first-order chi connectivity index (χ1) is 33.8. The topological polar surface area (TPSA) is 72.3 Å². The molecule has 9 aromatic carbocycles. The van der Waals surface area contributed by atoms with Crippen molar-refractivity contribution in [3.63, 3.8) is 0 Å². The highest BCUT2D eigenvalue weighted by atomic mass is 15.0. The van der Waals surface area contributed by atoms with Crippen molar-refractivity contribution in [1.82, 2.24) is 24.1 Å². The first-order valence-corrected chi connectivity index (χ1v) is 23.4. The second-order valence-corrected chi connectivity index (χ2v) is 18.0. The van der Waals surface area contributed by atoms with Crippen molar-refractivity contribution in [2.75, 3.05) is 0 Å². The molecule has 0 saturated carbocycles. The molecule has 0 fully saturated rings. The van der Waals surface area contributed by atoms with Gasteiger partial charge in [0.25, 0.3) is 0 Å². The van der Waals surface area contributed by atoms with Crippen molar-refractivity contribution in [3.05, 3.63) is 194 Å². The predicted octanol–water partition coefficient (Wildman–Crippen LogP) is 5.56. The summed E-state index contributed by atoms with van der Waals surface area (Å²) in [5, 5.41) is 15.8. The van der Waals surface area contributed by atoms with Crippen molar-refractivity contribution in [1.29, 1.82) is 5.26 Å². The van der Waals surface area contributed by atoms with Gasteiger partial charge in [-0.1, -0.05) is 174 Å². The second kappa shape index (κ2) is 16.6. The van der Waals surface area contributed by atoms with Gasteiger partial charge >= 0.3 is 0 Å². The Kier molecular flexibility index (Phi) is 10.1. The molecule has 0 saturated heterocycles. The van der Waals surface area contributed by atoms with Crippen LogP contribution < -0.4 is 27.3 Å². The van der Waals surface area contributed by atoms with Gasteiger partial charge in [0.2, 0.25) is 0 Å². The van der Waals surface area contributed by atoms with E-state index in [1.54, 1.807) is 0 Å². The molecule has 11 heteroatoms. The van der Waals surface area contributed by atoms with E-state index in [0.717, 1.165) is 88.2 Å². The van der Waals surface area contributed by atoms with Gasteiger partial charge in [-0.3, -0.25) is 0 Å². The third-order valence-corrected chi connectivity index (χ3v) is 14.4. The van der Waals surface area contributed by atoms with Gasteiger partial charge in [-0.15, -0.1) is 5.46 Å². The zero-order chi connectivity index (χ0) is 46.9. The molecule has 0 N–H and O–H groups in total. The highest BCUT2D eigenvalue weighted by Crippen LogP contribution is 2.43. The summed E-state index contributed by atoms with van der Waals surface area (Å²) in [5.74, 6) is 1.58. The molecule has 0 spiro atoms. The average Bonchev–Trinajstić information content (AvgIpc) is 3.92. The maximum absolute atomic E-state index is 11.2. The van der Waals surface area contributed by atoms with Crippen LogP contribution in [-0.2, 0) is 0 Å². The summed E-state index contributed by atoms with van der Waals surface area (Å²) in [6, 6.07) is 67.8. The fourth-order valence-corrected chi connectivity index (χ4v) is 10.5. The van der Waals surface area contributed by atoms with Crippen molar-refractivity contribution in [2.45, 2.75) is 0 Å². The van der Waals surface area contributed by atoms with E-state index < -0.39 is 0 Å². The third-order valence-electron chi connectivity index (χ3n) is 14.4. The number of hydrogen-bond donors (Lipinski definition) is 0. The van der Waals surface area contributed by atoms with Crippen LogP contribution in [0.4, 0.5) is 0 Å². The van der Waals surface area contributed by atoms with Gasteiger partial charge in [-0.2, -0.15) is 5.26 Å². The molecule has 0 atom stereocenters.